The van der Waals surface area contributed by atoms with E-state index in [9.17, 15) is 19.2 Å². The first-order valence-electron chi connectivity index (χ1n) is 9.40. The van der Waals surface area contributed by atoms with Gasteiger partial charge in [-0.05, 0) is 31.4 Å². The largest absolute Gasteiger partial charge is 0.340 e. The zero-order chi connectivity index (χ0) is 19.4. The molecule has 27 heavy (non-hydrogen) atoms. The number of aromatic nitrogens is 2. The highest BCUT2D eigenvalue weighted by Crippen LogP contribution is 2.33. The van der Waals surface area contributed by atoms with Gasteiger partial charge >= 0.3 is 0 Å². The molecule has 1 saturated heterocycles. The summed E-state index contributed by atoms with van der Waals surface area (Å²) in [7, 11) is 0. The Balaban J connectivity index is 1.81. The van der Waals surface area contributed by atoms with Gasteiger partial charge in [0.05, 0.1) is 29.5 Å². The number of nitrogens with zero attached hydrogens (tertiary/aromatic N) is 3. The molecule has 0 aliphatic carbocycles. The van der Waals surface area contributed by atoms with Crippen molar-refractivity contribution in [3.05, 3.63) is 29.8 Å². The van der Waals surface area contributed by atoms with E-state index in [1.165, 1.54) is 12.1 Å². The second-order valence-corrected chi connectivity index (χ2v) is 7.04. The third kappa shape index (κ3) is 4.27. The van der Waals surface area contributed by atoms with E-state index in [2.05, 4.69) is 9.97 Å². The highest BCUT2D eigenvalue weighted by Gasteiger charge is 2.36. The van der Waals surface area contributed by atoms with Crippen LogP contribution in [0.2, 0.25) is 0 Å². The van der Waals surface area contributed by atoms with Crippen molar-refractivity contribution in [1.82, 2.24) is 19.9 Å². The molecule has 2 atom stereocenters. The number of benzene rings is 1. The van der Waals surface area contributed by atoms with Gasteiger partial charge in [0.25, 0.3) is 0 Å². The second kappa shape index (κ2) is 8.47. The maximum Gasteiger partial charge on any atom is 0.233 e. The maximum absolute atomic E-state index is 13.4. The van der Waals surface area contributed by atoms with Crippen molar-refractivity contribution < 1.29 is 19.2 Å². The number of imidazole rings is 1. The van der Waals surface area contributed by atoms with Crippen LogP contribution in [0.25, 0.3) is 11.0 Å². The maximum atomic E-state index is 13.4. The van der Waals surface area contributed by atoms with Crippen LogP contribution in [0.5, 0.6) is 0 Å². The monoisotopic (exact) mass is 376 g/mol. The highest BCUT2D eigenvalue weighted by molar-refractivity contribution is 5.80. The predicted octanol–water partition coefficient (Wildman–Crippen LogP) is 3.02. The third-order valence-corrected chi connectivity index (χ3v) is 5.10. The molecule has 2 aromatic rings. The molecule has 0 spiro atoms. The number of amides is 2. The highest BCUT2D eigenvalue weighted by atomic mass is 19.1. The van der Waals surface area contributed by atoms with Gasteiger partial charge in [0, 0.05) is 12.6 Å². The molecular weight excluding hydrogens is 351 g/mol. The van der Waals surface area contributed by atoms with Gasteiger partial charge in [0.2, 0.25) is 12.3 Å². The number of halogens is 1. The average molecular weight is 376 g/mol. The number of hydrogen-bond donors (Lipinski definition) is 2. The predicted molar refractivity (Wildman–Crippen MR) is 97.3 cm³/mol. The van der Waals surface area contributed by atoms with Crippen LogP contribution < -0.4 is 0 Å². The number of rotatable bonds is 8. The van der Waals surface area contributed by atoms with Gasteiger partial charge in [-0.2, -0.15) is 0 Å². The van der Waals surface area contributed by atoms with Gasteiger partial charge < -0.3 is 9.88 Å². The lowest BCUT2D eigenvalue weighted by Crippen LogP contribution is -2.40. The standard InChI is InChI=1S/C19H25FN4O3/c1-2-3-5-13(11-23(27)12-25)19(26)24-9-4-6-17(24)18-21-15-8-7-14(20)10-16(15)22-18/h7-8,10,12-13,17,27H,2-6,9,11H2,1H3,(H,21,22). The van der Waals surface area contributed by atoms with Crippen molar-refractivity contribution in [2.24, 2.45) is 5.92 Å². The van der Waals surface area contributed by atoms with Gasteiger partial charge in [0.1, 0.15) is 11.6 Å². The Morgan fingerprint density at radius 1 is 1.56 bits per heavy atom. The Morgan fingerprint density at radius 3 is 3.11 bits per heavy atom. The average Bonchev–Trinajstić information content (AvgIpc) is 3.30. The van der Waals surface area contributed by atoms with E-state index in [1.807, 2.05) is 6.92 Å². The van der Waals surface area contributed by atoms with Gasteiger partial charge in [-0.3, -0.25) is 14.8 Å². The minimum Gasteiger partial charge on any atom is -0.340 e. The summed E-state index contributed by atoms with van der Waals surface area (Å²) in [5.74, 6) is -0.246. The lowest BCUT2D eigenvalue weighted by atomic mass is 9.99. The smallest absolute Gasteiger partial charge is 0.233 e. The number of hydrogen-bond acceptors (Lipinski definition) is 4. The van der Waals surface area contributed by atoms with Crippen LogP contribution in [0.1, 0.15) is 50.9 Å². The Bertz CT molecular complexity index is 809. The molecule has 2 N–H and O–H groups in total. The van der Waals surface area contributed by atoms with Crippen LogP contribution in [-0.2, 0) is 9.59 Å². The molecule has 1 fully saturated rings. The summed E-state index contributed by atoms with van der Waals surface area (Å²) in [6, 6.07) is 4.17. The SMILES string of the molecule is CCCCC(CN(O)C=O)C(=O)N1CCCC1c1nc2cc(F)ccc2[nH]1. The van der Waals surface area contributed by atoms with E-state index < -0.39 is 5.92 Å². The molecule has 2 unspecified atom stereocenters. The van der Waals surface area contributed by atoms with Crippen molar-refractivity contribution in [3.8, 4) is 0 Å². The topological polar surface area (TPSA) is 89.5 Å². The first-order chi connectivity index (χ1) is 13.0. The van der Waals surface area contributed by atoms with Gasteiger partial charge in [-0.1, -0.05) is 19.8 Å². The molecule has 0 bridgehead atoms. The molecule has 0 radical (unpaired) electrons. The van der Waals surface area contributed by atoms with E-state index in [0.717, 1.165) is 31.2 Å². The van der Waals surface area contributed by atoms with E-state index in [-0.39, 0.29) is 24.3 Å². The number of H-pyrrole nitrogens is 1. The minimum absolute atomic E-state index is 0.0170. The molecule has 8 heteroatoms. The number of carbonyl (C=O) groups is 2. The van der Waals surface area contributed by atoms with E-state index in [1.54, 1.807) is 11.0 Å². The fourth-order valence-electron chi connectivity index (χ4n) is 3.72. The van der Waals surface area contributed by atoms with Gasteiger partial charge in [-0.25, -0.2) is 14.4 Å². The van der Waals surface area contributed by atoms with Crippen LogP contribution in [0.3, 0.4) is 0 Å². The van der Waals surface area contributed by atoms with Crippen molar-refractivity contribution >= 4 is 23.4 Å². The van der Waals surface area contributed by atoms with Crippen LogP contribution in [0, 0.1) is 11.7 Å². The molecule has 1 aliphatic heterocycles. The first kappa shape index (κ1) is 19.3. The Labute approximate surface area is 157 Å². The summed E-state index contributed by atoms with van der Waals surface area (Å²) in [4.78, 5) is 33.4. The van der Waals surface area contributed by atoms with Crippen LogP contribution >= 0.6 is 0 Å². The fourth-order valence-corrected chi connectivity index (χ4v) is 3.72. The van der Waals surface area contributed by atoms with E-state index in [0.29, 0.717) is 35.8 Å². The molecule has 0 saturated carbocycles. The zero-order valence-corrected chi connectivity index (χ0v) is 15.4. The van der Waals surface area contributed by atoms with Crippen LogP contribution in [-0.4, -0.2) is 50.5 Å². The van der Waals surface area contributed by atoms with Crippen molar-refractivity contribution in [3.63, 3.8) is 0 Å². The summed E-state index contributed by atoms with van der Waals surface area (Å²) < 4.78 is 13.4. The number of carbonyl (C=O) groups excluding carboxylic acids is 2. The molecule has 1 aromatic carbocycles. The van der Waals surface area contributed by atoms with Crippen molar-refractivity contribution in [2.45, 2.75) is 45.1 Å². The summed E-state index contributed by atoms with van der Waals surface area (Å²) in [6.07, 6.45) is 4.31. The number of likely N-dealkylation sites (tertiary alicyclic amines) is 1. The summed E-state index contributed by atoms with van der Waals surface area (Å²) in [5.41, 5.74) is 1.27. The van der Waals surface area contributed by atoms with E-state index >= 15 is 0 Å². The Hall–Kier alpha value is -2.48. The zero-order valence-electron chi connectivity index (χ0n) is 15.4. The molecule has 3 rings (SSSR count). The van der Waals surface area contributed by atoms with Gasteiger partial charge in [-0.15, -0.1) is 0 Å². The third-order valence-electron chi connectivity index (χ3n) is 5.10. The number of hydroxylamine groups is 2. The molecule has 2 heterocycles. The fraction of sp³-hybridized carbons (Fsp3) is 0.526. The lowest BCUT2D eigenvalue weighted by Gasteiger charge is -2.29. The lowest BCUT2D eigenvalue weighted by molar-refractivity contribution is -0.157. The minimum atomic E-state index is -0.456. The summed E-state index contributed by atoms with van der Waals surface area (Å²) in [5, 5.41) is 10.1. The van der Waals surface area contributed by atoms with Crippen molar-refractivity contribution in [2.75, 3.05) is 13.1 Å². The molecule has 1 aliphatic rings. The van der Waals surface area contributed by atoms with Crippen LogP contribution in [0.4, 0.5) is 4.39 Å². The first-order valence-corrected chi connectivity index (χ1v) is 9.40. The number of nitrogens with one attached hydrogen (secondary N) is 1. The second-order valence-electron chi connectivity index (χ2n) is 7.04. The van der Waals surface area contributed by atoms with Crippen molar-refractivity contribution in [1.29, 1.82) is 0 Å². The number of fused-ring (bicyclic) bond motifs is 1. The number of unbranched alkanes of at least 4 members (excludes halogenated alkanes) is 1. The Morgan fingerprint density at radius 2 is 2.37 bits per heavy atom. The molecule has 2 amide bonds. The number of aromatic amines is 1. The summed E-state index contributed by atoms with van der Waals surface area (Å²) in [6.45, 7) is 2.62. The molecular formula is C19H25FN4O3. The normalized spacial score (nSPS) is 18.0. The molecule has 146 valence electrons. The van der Waals surface area contributed by atoms with Crippen LogP contribution in [0.15, 0.2) is 18.2 Å². The quantitative estimate of drug-likeness (QED) is 0.421. The molecule has 1 aromatic heterocycles. The van der Waals surface area contributed by atoms with Gasteiger partial charge in [0.15, 0.2) is 0 Å². The van der Waals surface area contributed by atoms with E-state index in [4.69, 9.17) is 0 Å². The molecule has 7 nitrogen and oxygen atoms in total. The summed E-state index contributed by atoms with van der Waals surface area (Å²) >= 11 is 0. The Kier molecular flexibility index (Phi) is 6.05.